The minimum atomic E-state index is 0.690. The molecule has 4 heteroatoms. The van der Waals surface area contributed by atoms with Crippen molar-refractivity contribution in [2.75, 3.05) is 7.11 Å². The van der Waals surface area contributed by atoms with Crippen molar-refractivity contribution in [3.63, 3.8) is 0 Å². The van der Waals surface area contributed by atoms with Crippen LogP contribution in [-0.4, -0.2) is 11.7 Å². The number of nitrogens with zero attached hydrogens (tertiary/aromatic N) is 2. The highest BCUT2D eigenvalue weighted by Gasteiger charge is 2.11. The van der Waals surface area contributed by atoms with Crippen molar-refractivity contribution < 1.29 is 4.74 Å². The Kier molecular flexibility index (Phi) is 3.44. The average molecular weight is 341 g/mol. The van der Waals surface area contributed by atoms with Crippen molar-refractivity contribution in [2.45, 2.75) is 6.92 Å². The Morgan fingerprint density at radius 2 is 1.90 bits per heavy atom. The first-order valence-electron chi connectivity index (χ1n) is 6.47. The minimum Gasteiger partial charge on any atom is -0.497 e. The average Bonchev–Trinajstić information content (AvgIpc) is 2.82. The Balaban J connectivity index is 2.23. The highest BCUT2D eigenvalue weighted by atomic mass is 79.9. The van der Waals surface area contributed by atoms with E-state index in [-0.39, 0.29) is 0 Å². The van der Waals surface area contributed by atoms with Crippen LogP contribution in [0.5, 0.6) is 5.75 Å². The summed E-state index contributed by atoms with van der Waals surface area (Å²) in [5.74, 6) is 0.834. The molecule has 3 rings (SSSR count). The van der Waals surface area contributed by atoms with E-state index in [0.717, 1.165) is 32.4 Å². The Morgan fingerprint density at radius 3 is 2.52 bits per heavy atom. The third-order valence-electron chi connectivity index (χ3n) is 3.54. The number of halogens is 1. The van der Waals surface area contributed by atoms with Crippen molar-refractivity contribution in [3.8, 4) is 11.4 Å². The molecule has 3 aromatic rings. The maximum atomic E-state index is 7.23. The van der Waals surface area contributed by atoms with Crippen LogP contribution in [0.25, 0.3) is 21.4 Å². The van der Waals surface area contributed by atoms with Gasteiger partial charge in [-0.2, -0.15) is 0 Å². The fourth-order valence-corrected chi connectivity index (χ4v) is 2.92. The molecule has 0 radical (unpaired) electrons. The Bertz CT molecular complexity index is 857. The predicted molar refractivity (Wildman–Crippen MR) is 88.5 cm³/mol. The lowest BCUT2D eigenvalue weighted by molar-refractivity contribution is 0.415. The molecule has 0 bridgehead atoms. The monoisotopic (exact) mass is 340 g/mol. The summed E-state index contributed by atoms with van der Waals surface area (Å²) in [6.45, 7) is 9.20. The van der Waals surface area contributed by atoms with E-state index in [1.54, 1.807) is 7.11 Å². The van der Waals surface area contributed by atoms with E-state index in [0.29, 0.717) is 5.69 Å². The van der Waals surface area contributed by atoms with Gasteiger partial charge in [-0.15, -0.1) is 0 Å². The van der Waals surface area contributed by atoms with Crippen LogP contribution < -0.4 is 4.74 Å². The van der Waals surface area contributed by atoms with Crippen LogP contribution in [0, 0.1) is 13.5 Å². The smallest absolute Gasteiger partial charge is 0.190 e. The number of rotatable bonds is 2. The molecule has 21 heavy (non-hydrogen) atoms. The first kappa shape index (κ1) is 13.7. The molecule has 0 spiro atoms. The van der Waals surface area contributed by atoms with Gasteiger partial charge in [0.15, 0.2) is 5.69 Å². The molecule has 0 aliphatic carbocycles. The van der Waals surface area contributed by atoms with Crippen molar-refractivity contribution in [1.29, 1.82) is 0 Å². The van der Waals surface area contributed by atoms with E-state index in [4.69, 9.17) is 11.3 Å². The van der Waals surface area contributed by atoms with Gasteiger partial charge in [-0.3, -0.25) is 0 Å². The second-order valence-corrected chi connectivity index (χ2v) is 5.67. The minimum absolute atomic E-state index is 0.690. The summed E-state index contributed by atoms with van der Waals surface area (Å²) in [6, 6.07) is 11.9. The van der Waals surface area contributed by atoms with E-state index >= 15 is 0 Å². The topological polar surface area (TPSA) is 18.5 Å². The number of ether oxygens (including phenoxy) is 1. The first-order chi connectivity index (χ1) is 10.1. The van der Waals surface area contributed by atoms with Gasteiger partial charge < -0.3 is 9.30 Å². The highest BCUT2D eigenvalue weighted by Crippen LogP contribution is 2.34. The van der Waals surface area contributed by atoms with Crippen LogP contribution in [-0.2, 0) is 0 Å². The van der Waals surface area contributed by atoms with Gasteiger partial charge in [-0.25, -0.2) is 4.85 Å². The van der Waals surface area contributed by atoms with E-state index in [1.165, 1.54) is 0 Å². The molecular formula is C17H13BrN2O. The number of hydrogen-bond acceptors (Lipinski definition) is 1. The lowest BCUT2D eigenvalue weighted by atomic mass is 10.1. The van der Waals surface area contributed by atoms with Crippen molar-refractivity contribution in [3.05, 3.63) is 64.0 Å². The van der Waals surface area contributed by atoms with Crippen molar-refractivity contribution in [2.24, 2.45) is 0 Å². The van der Waals surface area contributed by atoms with E-state index in [9.17, 15) is 0 Å². The summed E-state index contributed by atoms with van der Waals surface area (Å²) >= 11 is 3.58. The summed E-state index contributed by atoms with van der Waals surface area (Å²) in [5, 5.41) is 1.04. The standard InChI is InChI=1S/C17H13BrN2O/c1-11-8-17-14(9-16(11)19-2)15(18)10-20(17)12-4-6-13(21-3)7-5-12/h4-10H,1,3H3. The highest BCUT2D eigenvalue weighted by molar-refractivity contribution is 9.10. The second kappa shape index (κ2) is 5.27. The molecule has 0 atom stereocenters. The summed E-state index contributed by atoms with van der Waals surface area (Å²) in [6.07, 6.45) is 2.03. The molecule has 2 aromatic carbocycles. The van der Waals surface area contributed by atoms with Crippen LogP contribution >= 0.6 is 15.9 Å². The van der Waals surface area contributed by atoms with Gasteiger partial charge in [0.2, 0.25) is 0 Å². The number of benzene rings is 2. The summed E-state index contributed by atoms with van der Waals surface area (Å²) in [7, 11) is 1.66. The fourth-order valence-electron chi connectivity index (χ4n) is 2.40. The van der Waals surface area contributed by atoms with Crippen LogP contribution in [0.3, 0.4) is 0 Å². The molecule has 0 N–H and O–H groups in total. The quantitative estimate of drug-likeness (QED) is 0.582. The molecule has 0 amide bonds. The largest absolute Gasteiger partial charge is 0.497 e. The second-order valence-electron chi connectivity index (χ2n) is 4.81. The molecule has 0 saturated carbocycles. The normalized spacial score (nSPS) is 10.6. The number of methoxy groups -OCH3 is 1. The maximum Gasteiger partial charge on any atom is 0.190 e. The molecule has 0 fully saturated rings. The molecule has 0 aliphatic heterocycles. The van der Waals surface area contributed by atoms with E-state index in [2.05, 4.69) is 31.4 Å². The molecule has 1 aromatic heterocycles. The van der Waals surface area contributed by atoms with Crippen molar-refractivity contribution in [1.82, 2.24) is 4.57 Å². The van der Waals surface area contributed by atoms with Gasteiger partial charge in [0.05, 0.1) is 19.2 Å². The van der Waals surface area contributed by atoms with Gasteiger partial charge in [0.1, 0.15) is 5.75 Å². The van der Waals surface area contributed by atoms with E-state index < -0.39 is 0 Å². The van der Waals surface area contributed by atoms with Crippen LogP contribution in [0.2, 0.25) is 0 Å². The number of aryl methyl sites for hydroxylation is 1. The lowest BCUT2D eigenvalue weighted by Gasteiger charge is -2.07. The molecule has 0 unspecified atom stereocenters. The van der Waals surface area contributed by atoms with Crippen LogP contribution in [0.1, 0.15) is 5.56 Å². The maximum absolute atomic E-state index is 7.23. The molecule has 3 nitrogen and oxygen atoms in total. The molecule has 0 aliphatic rings. The zero-order valence-electron chi connectivity index (χ0n) is 11.7. The van der Waals surface area contributed by atoms with Crippen molar-refractivity contribution >= 4 is 32.5 Å². The third kappa shape index (κ3) is 2.30. The first-order valence-corrected chi connectivity index (χ1v) is 7.26. The molecule has 104 valence electrons. The van der Waals surface area contributed by atoms with Gasteiger partial charge in [-0.05, 0) is 64.8 Å². The lowest BCUT2D eigenvalue weighted by Crippen LogP contribution is -1.92. The van der Waals surface area contributed by atoms with Gasteiger partial charge in [0, 0.05) is 21.7 Å². The Morgan fingerprint density at radius 1 is 1.19 bits per heavy atom. The molecular weight excluding hydrogens is 328 g/mol. The molecule has 1 heterocycles. The fraction of sp³-hybridized carbons (Fsp3) is 0.118. The van der Waals surface area contributed by atoms with Crippen LogP contribution in [0.4, 0.5) is 5.69 Å². The van der Waals surface area contributed by atoms with Gasteiger partial charge in [-0.1, -0.05) is 0 Å². The zero-order chi connectivity index (χ0) is 15.0. The number of fused-ring (bicyclic) bond motifs is 1. The Hall–Kier alpha value is -2.25. The Labute approximate surface area is 131 Å². The zero-order valence-corrected chi connectivity index (χ0v) is 13.3. The SMILES string of the molecule is [C-]#[N+]c1cc2c(Br)cn(-c3ccc(OC)cc3)c2cc1C. The molecule has 0 saturated heterocycles. The summed E-state index contributed by atoms with van der Waals surface area (Å²) in [5.41, 5.74) is 3.81. The van der Waals surface area contributed by atoms with Gasteiger partial charge in [0.25, 0.3) is 0 Å². The summed E-state index contributed by atoms with van der Waals surface area (Å²) < 4.78 is 8.29. The van der Waals surface area contributed by atoms with Gasteiger partial charge >= 0.3 is 0 Å². The number of hydrogen-bond donors (Lipinski definition) is 0. The third-order valence-corrected chi connectivity index (χ3v) is 4.18. The number of aromatic nitrogens is 1. The predicted octanol–water partition coefficient (Wildman–Crippen LogP) is 5.26. The summed E-state index contributed by atoms with van der Waals surface area (Å²) in [4.78, 5) is 3.57. The van der Waals surface area contributed by atoms with E-state index in [1.807, 2.05) is 43.5 Å². The van der Waals surface area contributed by atoms with Crippen LogP contribution in [0.15, 0.2) is 47.1 Å².